The molecule has 7 heteroatoms. The van der Waals surface area contributed by atoms with E-state index in [1.54, 1.807) is 31.2 Å². The molecule has 0 radical (unpaired) electrons. The van der Waals surface area contributed by atoms with E-state index >= 15 is 0 Å². The Labute approximate surface area is 140 Å². The minimum Gasteiger partial charge on any atom is -0.492 e. The molecular formula is C15H15Cl2NO3S. The standard InChI is InChI=1S/C15H15Cl2NO3S/c1-2-21-15-9-12(7-8-14(15)17)22(19,20)18-10-11-5-3-4-6-13(11)16/h3-9,18H,2,10H2,1H3. The van der Waals surface area contributed by atoms with Gasteiger partial charge in [-0.05, 0) is 30.7 Å². The van der Waals surface area contributed by atoms with Gasteiger partial charge in [-0.25, -0.2) is 13.1 Å². The normalized spacial score (nSPS) is 11.4. The Bertz CT molecular complexity index is 763. The molecule has 0 saturated heterocycles. The first-order valence-corrected chi connectivity index (χ1v) is 8.83. The fourth-order valence-corrected chi connectivity index (χ4v) is 3.21. The number of benzene rings is 2. The van der Waals surface area contributed by atoms with E-state index < -0.39 is 10.0 Å². The van der Waals surface area contributed by atoms with Gasteiger partial charge in [0, 0.05) is 17.6 Å². The van der Waals surface area contributed by atoms with E-state index in [0.29, 0.717) is 28.0 Å². The van der Waals surface area contributed by atoms with E-state index in [9.17, 15) is 8.42 Å². The van der Waals surface area contributed by atoms with Crippen LogP contribution < -0.4 is 9.46 Å². The molecule has 0 aromatic heterocycles. The van der Waals surface area contributed by atoms with Crippen LogP contribution in [0.4, 0.5) is 0 Å². The molecule has 118 valence electrons. The molecule has 0 atom stereocenters. The number of halogens is 2. The summed E-state index contributed by atoms with van der Waals surface area (Å²) in [7, 11) is -3.68. The van der Waals surface area contributed by atoms with Gasteiger partial charge in [0.2, 0.25) is 10.0 Å². The molecule has 4 nitrogen and oxygen atoms in total. The first-order valence-electron chi connectivity index (χ1n) is 6.59. The fraction of sp³-hybridized carbons (Fsp3) is 0.200. The van der Waals surface area contributed by atoms with Gasteiger partial charge in [0.1, 0.15) is 5.75 Å². The van der Waals surface area contributed by atoms with Crippen LogP contribution in [0.2, 0.25) is 10.0 Å². The number of rotatable bonds is 6. The summed E-state index contributed by atoms with van der Waals surface area (Å²) in [6.45, 7) is 2.30. The van der Waals surface area contributed by atoms with Crippen molar-refractivity contribution < 1.29 is 13.2 Å². The topological polar surface area (TPSA) is 55.4 Å². The average Bonchev–Trinajstić information content (AvgIpc) is 2.49. The van der Waals surface area contributed by atoms with Crippen molar-refractivity contribution in [3.8, 4) is 5.75 Å². The van der Waals surface area contributed by atoms with Gasteiger partial charge in [-0.2, -0.15) is 0 Å². The maximum absolute atomic E-state index is 12.3. The van der Waals surface area contributed by atoms with Gasteiger partial charge >= 0.3 is 0 Å². The van der Waals surface area contributed by atoms with Gasteiger partial charge in [-0.15, -0.1) is 0 Å². The lowest BCUT2D eigenvalue weighted by Gasteiger charge is -2.11. The first kappa shape index (κ1) is 17.1. The Hall–Kier alpha value is -1.27. The Morgan fingerprint density at radius 2 is 1.82 bits per heavy atom. The highest BCUT2D eigenvalue weighted by Gasteiger charge is 2.16. The summed E-state index contributed by atoms with van der Waals surface area (Å²) < 4.78 is 32.5. The lowest BCUT2D eigenvalue weighted by molar-refractivity contribution is 0.339. The van der Waals surface area contributed by atoms with Gasteiger partial charge in [-0.3, -0.25) is 0 Å². The lowest BCUT2D eigenvalue weighted by Crippen LogP contribution is -2.23. The van der Waals surface area contributed by atoms with E-state index in [1.165, 1.54) is 18.2 Å². The number of nitrogens with one attached hydrogen (secondary N) is 1. The Kier molecular flexibility index (Phi) is 5.69. The van der Waals surface area contributed by atoms with Gasteiger partial charge in [0.05, 0.1) is 16.5 Å². The highest BCUT2D eigenvalue weighted by atomic mass is 35.5. The molecule has 22 heavy (non-hydrogen) atoms. The fourth-order valence-electron chi connectivity index (χ4n) is 1.81. The molecule has 0 aliphatic rings. The first-order chi connectivity index (χ1) is 10.4. The van der Waals surface area contributed by atoms with Crippen LogP contribution in [0.25, 0.3) is 0 Å². The zero-order valence-electron chi connectivity index (χ0n) is 11.8. The van der Waals surface area contributed by atoms with E-state index in [-0.39, 0.29) is 11.4 Å². The molecule has 0 saturated carbocycles. The van der Waals surface area contributed by atoms with Crippen LogP contribution >= 0.6 is 23.2 Å². The molecule has 2 rings (SSSR count). The van der Waals surface area contributed by atoms with Crippen LogP contribution in [-0.4, -0.2) is 15.0 Å². The summed E-state index contributed by atoms with van der Waals surface area (Å²) in [5.74, 6) is 0.338. The molecule has 0 heterocycles. The molecule has 0 aliphatic heterocycles. The highest BCUT2D eigenvalue weighted by Crippen LogP contribution is 2.27. The third-order valence-electron chi connectivity index (χ3n) is 2.92. The molecule has 0 amide bonds. The average molecular weight is 360 g/mol. The molecule has 0 aliphatic carbocycles. The quantitative estimate of drug-likeness (QED) is 0.851. The van der Waals surface area contributed by atoms with Crippen molar-refractivity contribution in [1.82, 2.24) is 4.72 Å². The highest BCUT2D eigenvalue weighted by molar-refractivity contribution is 7.89. The molecule has 0 fully saturated rings. The number of sulfonamides is 1. The molecule has 2 aromatic carbocycles. The predicted molar refractivity (Wildman–Crippen MR) is 88.1 cm³/mol. The maximum atomic E-state index is 12.3. The summed E-state index contributed by atoms with van der Waals surface area (Å²) in [4.78, 5) is 0.0902. The largest absolute Gasteiger partial charge is 0.492 e. The van der Waals surface area contributed by atoms with Crippen molar-refractivity contribution in [2.24, 2.45) is 0 Å². The van der Waals surface area contributed by atoms with Crippen LogP contribution in [0.3, 0.4) is 0 Å². The third-order valence-corrected chi connectivity index (χ3v) is 5.00. The van der Waals surface area contributed by atoms with Crippen LogP contribution in [-0.2, 0) is 16.6 Å². The molecule has 0 bridgehead atoms. The van der Waals surface area contributed by atoms with Crippen molar-refractivity contribution in [3.05, 3.63) is 58.1 Å². The van der Waals surface area contributed by atoms with Gasteiger partial charge in [0.25, 0.3) is 0 Å². The van der Waals surface area contributed by atoms with Crippen molar-refractivity contribution in [1.29, 1.82) is 0 Å². The van der Waals surface area contributed by atoms with Crippen molar-refractivity contribution in [2.45, 2.75) is 18.4 Å². The Morgan fingerprint density at radius 3 is 2.50 bits per heavy atom. The number of hydrogen-bond donors (Lipinski definition) is 1. The molecule has 0 spiro atoms. The summed E-state index contributed by atoms with van der Waals surface area (Å²) in [5, 5.41) is 0.878. The SMILES string of the molecule is CCOc1cc(S(=O)(=O)NCc2ccccc2Cl)ccc1Cl. The van der Waals surface area contributed by atoms with E-state index in [4.69, 9.17) is 27.9 Å². The van der Waals surface area contributed by atoms with Crippen molar-refractivity contribution in [3.63, 3.8) is 0 Å². The summed E-state index contributed by atoms with van der Waals surface area (Å²) in [5.41, 5.74) is 0.701. The van der Waals surface area contributed by atoms with Crippen LogP contribution in [0.5, 0.6) is 5.75 Å². The van der Waals surface area contributed by atoms with E-state index in [1.807, 2.05) is 0 Å². The maximum Gasteiger partial charge on any atom is 0.241 e. The summed E-state index contributed by atoms with van der Waals surface area (Å²) in [6.07, 6.45) is 0. The van der Waals surface area contributed by atoms with Crippen molar-refractivity contribution >= 4 is 33.2 Å². The minimum atomic E-state index is -3.68. The second kappa shape index (κ2) is 7.33. The second-order valence-corrected chi connectivity index (χ2v) is 7.02. The Balaban J connectivity index is 2.20. The summed E-state index contributed by atoms with van der Waals surface area (Å²) >= 11 is 12.0. The minimum absolute atomic E-state index is 0.0902. The van der Waals surface area contributed by atoms with Crippen molar-refractivity contribution in [2.75, 3.05) is 6.61 Å². The van der Waals surface area contributed by atoms with E-state index in [2.05, 4.69) is 4.72 Å². The zero-order chi connectivity index (χ0) is 16.2. The zero-order valence-corrected chi connectivity index (χ0v) is 14.2. The van der Waals surface area contributed by atoms with Gasteiger partial charge in [-0.1, -0.05) is 41.4 Å². The predicted octanol–water partition coefficient (Wildman–Crippen LogP) is 3.87. The smallest absolute Gasteiger partial charge is 0.241 e. The summed E-state index contributed by atoms with van der Waals surface area (Å²) in [6, 6.07) is 11.4. The molecule has 0 unspecified atom stereocenters. The molecule has 1 N–H and O–H groups in total. The van der Waals surface area contributed by atoms with Crippen LogP contribution in [0.15, 0.2) is 47.4 Å². The second-order valence-electron chi connectivity index (χ2n) is 4.44. The number of ether oxygens (including phenoxy) is 1. The van der Waals surface area contributed by atoms with Crippen LogP contribution in [0, 0.1) is 0 Å². The molecule has 2 aromatic rings. The van der Waals surface area contributed by atoms with E-state index in [0.717, 1.165) is 0 Å². The Morgan fingerprint density at radius 1 is 1.09 bits per heavy atom. The third kappa shape index (κ3) is 4.14. The van der Waals surface area contributed by atoms with Crippen LogP contribution in [0.1, 0.15) is 12.5 Å². The number of hydrogen-bond acceptors (Lipinski definition) is 3. The van der Waals surface area contributed by atoms with Gasteiger partial charge < -0.3 is 4.74 Å². The molecular weight excluding hydrogens is 345 g/mol. The monoisotopic (exact) mass is 359 g/mol. The van der Waals surface area contributed by atoms with Gasteiger partial charge in [0.15, 0.2) is 0 Å². The lowest BCUT2D eigenvalue weighted by atomic mass is 10.2.